The lowest BCUT2D eigenvalue weighted by Crippen LogP contribution is -2.27. The molecule has 8 heteroatoms. The molecular formula is C16H14BrFN2O3S. The van der Waals surface area contributed by atoms with Crippen molar-refractivity contribution in [2.24, 2.45) is 0 Å². The molecule has 0 unspecified atom stereocenters. The fraction of sp³-hybridized carbons (Fsp3) is 0.188. The van der Waals surface area contributed by atoms with Crippen molar-refractivity contribution in [1.29, 1.82) is 0 Å². The number of benzene rings is 2. The molecule has 1 heterocycles. The average Bonchev–Trinajstić information content (AvgIpc) is 2.91. The van der Waals surface area contributed by atoms with Crippen LogP contribution in [0.1, 0.15) is 12.5 Å². The Morgan fingerprint density at radius 1 is 1.25 bits per heavy atom. The monoisotopic (exact) mass is 412 g/mol. The van der Waals surface area contributed by atoms with Crippen LogP contribution in [0.2, 0.25) is 0 Å². The van der Waals surface area contributed by atoms with Crippen molar-refractivity contribution in [1.82, 2.24) is 0 Å². The molecule has 0 bridgehead atoms. The highest BCUT2D eigenvalue weighted by Gasteiger charge is 2.28. The molecule has 2 aromatic rings. The highest BCUT2D eigenvalue weighted by Crippen LogP contribution is 2.39. The number of hydrogen-bond donors (Lipinski definition) is 1. The molecule has 5 nitrogen and oxygen atoms in total. The van der Waals surface area contributed by atoms with E-state index in [0.29, 0.717) is 28.8 Å². The summed E-state index contributed by atoms with van der Waals surface area (Å²) in [6.45, 7) is 1.95. The van der Waals surface area contributed by atoms with E-state index in [1.165, 1.54) is 19.1 Å². The number of carbonyl (C=O) groups is 1. The van der Waals surface area contributed by atoms with Gasteiger partial charge in [-0.05, 0) is 48.4 Å². The van der Waals surface area contributed by atoms with E-state index >= 15 is 0 Å². The largest absolute Gasteiger partial charge is 0.310 e. The van der Waals surface area contributed by atoms with Gasteiger partial charge in [0.05, 0.1) is 16.3 Å². The van der Waals surface area contributed by atoms with Crippen molar-refractivity contribution in [3.8, 4) is 0 Å². The Labute approximate surface area is 147 Å². The first kappa shape index (κ1) is 16.9. The number of halogens is 2. The van der Waals surface area contributed by atoms with Gasteiger partial charge in [-0.2, -0.15) is 0 Å². The minimum absolute atomic E-state index is 0.0509. The summed E-state index contributed by atoms with van der Waals surface area (Å²) in [5.41, 5.74) is 1.77. The summed E-state index contributed by atoms with van der Waals surface area (Å²) in [5.74, 6) is -0.668. The summed E-state index contributed by atoms with van der Waals surface area (Å²) < 4.78 is 41.3. The molecule has 0 saturated heterocycles. The van der Waals surface area contributed by atoms with E-state index in [0.717, 1.165) is 17.7 Å². The lowest BCUT2D eigenvalue weighted by atomic mass is 10.1. The number of anilines is 2. The van der Waals surface area contributed by atoms with Gasteiger partial charge in [-0.25, -0.2) is 12.8 Å². The maximum Gasteiger partial charge on any atom is 0.261 e. The van der Waals surface area contributed by atoms with Crippen LogP contribution < -0.4 is 9.62 Å². The highest BCUT2D eigenvalue weighted by molar-refractivity contribution is 9.10. The molecule has 2 aromatic carbocycles. The lowest BCUT2D eigenvalue weighted by Gasteiger charge is -2.20. The SMILES string of the molecule is CC(=O)N1CCc2cc(Br)cc(NS(=O)(=O)c3ccc(F)cc3)c21. The zero-order chi connectivity index (χ0) is 17.5. The summed E-state index contributed by atoms with van der Waals surface area (Å²) in [7, 11) is -3.89. The molecule has 3 rings (SSSR count). The van der Waals surface area contributed by atoms with Crippen LogP contribution in [0.5, 0.6) is 0 Å². The van der Waals surface area contributed by atoms with E-state index in [1.807, 2.05) is 6.07 Å². The third-order valence-corrected chi connectivity index (χ3v) is 5.62. The zero-order valence-electron chi connectivity index (χ0n) is 12.7. The lowest BCUT2D eigenvalue weighted by molar-refractivity contribution is -0.116. The van der Waals surface area contributed by atoms with Crippen molar-refractivity contribution < 1.29 is 17.6 Å². The Kier molecular flexibility index (Phi) is 4.35. The summed E-state index contributed by atoms with van der Waals surface area (Å²) in [4.78, 5) is 13.3. The van der Waals surface area contributed by atoms with E-state index in [9.17, 15) is 17.6 Å². The van der Waals surface area contributed by atoms with Crippen molar-refractivity contribution in [2.75, 3.05) is 16.2 Å². The molecule has 0 aliphatic carbocycles. The van der Waals surface area contributed by atoms with Gasteiger partial charge in [0.15, 0.2) is 0 Å². The third kappa shape index (κ3) is 3.16. The Bertz CT molecular complexity index is 914. The first-order chi connectivity index (χ1) is 11.3. The second kappa shape index (κ2) is 6.18. The number of sulfonamides is 1. The van der Waals surface area contributed by atoms with Crippen LogP contribution in [0.4, 0.5) is 15.8 Å². The second-order valence-electron chi connectivity index (χ2n) is 5.44. The van der Waals surface area contributed by atoms with Crippen LogP contribution in [0.15, 0.2) is 45.8 Å². The Balaban J connectivity index is 2.04. The Morgan fingerprint density at radius 3 is 2.54 bits per heavy atom. The van der Waals surface area contributed by atoms with E-state index < -0.39 is 15.8 Å². The molecule has 0 fully saturated rings. The fourth-order valence-electron chi connectivity index (χ4n) is 2.72. The molecule has 0 atom stereocenters. The molecule has 1 N–H and O–H groups in total. The first-order valence-corrected chi connectivity index (χ1v) is 9.44. The smallest absolute Gasteiger partial charge is 0.261 e. The molecule has 1 aliphatic heterocycles. The summed E-state index contributed by atoms with van der Waals surface area (Å²) in [5, 5.41) is 0. The van der Waals surface area contributed by atoms with Gasteiger partial charge in [-0.1, -0.05) is 15.9 Å². The van der Waals surface area contributed by atoms with Gasteiger partial charge in [0.2, 0.25) is 5.91 Å². The van der Waals surface area contributed by atoms with E-state index in [4.69, 9.17) is 0 Å². The van der Waals surface area contributed by atoms with Crippen LogP contribution in [0.25, 0.3) is 0 Å². The van der Waals surface area contributed by atoms with Crippen LogP contribution in [0, 0.1) is 5.82 Å². The van der Waals surface area contributed by atoms with Gasteiger partial charge in [-0.3, -0.25) is 9.52 Å². The predicted molar refractivity (Wildman–Crippen MR) is 93.1 cm³/mol. The van der Waals surface area contributed by atoms with Gasteiger partial charge < -0.3 is 4.90 Å². The highest BCUT2D eigenvalue weighted by atomic mass is 79.9. The number of nitrogens with one attached hydrogen (secondary N) is 1. The molecule has 1 amide bonds. The maximum atomic E-state index is 13.0. The first-order valence-electron chi connectivity index (χ1n) is 7.17. The minimum atomic E-state index is -3.89. The molecule has 0 saturated carbocycles. The second-order valence-corrected chi connectivity index (χ2v) is 8.04. The van der Waals surface area contributed by atoms with Gasteiger partial charge in [0, 0.05) is 17.9 Å². The average molecular weight is 413 g/mol. The van der Waals surface area contributed by atoms with Crippen molar-refractivity contribution >= 4 is 43.2 Å². The Morgan fingerprint density at radius 2 is 1.92 bits per heavy atom. The number of hydrogen-bond acceptors (Lipinski definition) is 3. The number of rotatable bonds is 3. The van der Waals surface area contributed by atoms with Gasteiger partial charge in [-0.15, -0.1) is 0 Å². The van der Waals surface area contributed by atoms with Gasteiger partial charge in [0.1, 0.15) is 5.82 Å². The normalized spacial score (nSPS) is 13.7. The van der Waals surface area contributed by atoms with E-state index in [2.05, 4.69) is 20.7 Å². The molecule has 0 spiro atoms. The molecule has 1 aliphatic rings. The topological polar surface area (TPSA) is 66.5 Å². The fourth-order valence-corrected chi connectivity index (χ4v) is 4.28. The molecule has 126 valence electrons. The molecule has 0 radical (unpaired) electrons. The molecule has 24 heavy (non-hydrogen) atoms. The van der Waals surface area contributed by atoms with Crippen LogP contribution in [-0.2, 0) is 21.2 Å². The van der Waals surface area contributed by atoms with E-state index in [-0.39, 0.29) is 10.8 Å². The number of fused-ring (bicyclic) bond motifs is 1. The zero-order valence-corrected chi connectivity index (χ0v) is 15.1. The molecular weight excluding hydrogens is 399 g/mol. The van der Waals surface area contributed by atoms with Crippen LogP contribution in [0.3, 0.4) is 0 Å². The van der Waals surface area contributed by atoms with Gasteiger partial charge >= 0.3 is 0 Å². The van der Waals surface area contributed by atoms with Crippen molar-refractivity contribution in [3.63, 3.8) is 0 Å². The molecule has 0 aromatic heterocycles. The maximum absolute atomic E-state index is 13.0. The standard InChI is InChI=1S/C16H14BrFN2O3S/c1-10(21)20-7-6-11-8-12(17)9-15(16(11)20)19-24(22,23)14-4-2-13(18)3-5-14/h2-5,8-9,19H,6-7H2,1H3. The summed E-state index contributed by atoms with van der Waals surface area (Å²) in [6, 6.07) is 8.04. The minimum Gasteiger partial charge on any atom is -0.310 e. The van der Waals surface area contributed by atoms with Crippen LogP contribution >= 0.6 is 15.9 Å². The number of carbonyl (C=O) groups excluding carboxylic acids is 1. The third-order valence-electron chi connectivity index (χ3n) is 3.78. The number of amides is 1. The quantitative estimate of drug-likeness (QED) is 0.840. The van der Waals surface area contributed by atoms with E-state index in [1.54, 1.807) is 11.0 Å². The van der Waals surface area contributed by atoms with Gasteiger partial charge in [0.25, 0.3) is 10.0 Å². The summed E-state index contributed by atoms with van der Waals surface area (Å²) >= 11 is 3.36. The number of nitrogens with zero attached hydrogens (tertiary/aromatic N) is 1. The predicted octanol–water partition coefficient (Wildman–Crippen LogP) is 3.30. The van der Waals surface area contributed by atoms with Crippen molar-refractivity contribution in [3.05, 3.63) is 52.3 Å². The Hall–Kier alpha value is -1.93. The van der Waals surface area contributed by atoms with Crippen molar-refractivity contribution in [2.45, 2.75) is 18.2 Å². The van der Waals surface area contributed by atoms with Crippen LogP contribution in [-0.4, -0.2) is 20.9 Å². The summed E-state index contributed by atoms with van der Waals surface area (Å²) in [6.07, 6.45) is 0.652.